The molecule has 2 heterocycles. The lowest BCUT2D eigenvalue weighted by Crippen LogP contribution is -2.21. The van der Waals surface area contributed by atoms with Crippen molar-refractivity contribution < 1.29 is 0 Å². The van der Waals surface area contributed by atoms with Gasteiger partial charge in [-0.3, -0.25) is 0 Å². The molecule has 0 radical (unpaired) electrons. The van der Waals surface area contributed by atoms with Crippen molar-refractivity contribution in [2.24, 2.45) is 7.05 Å². The van der Waals surface area contributed by atoms with Gasteiger partial charge in [0.25, 0.3) is 0 Å². The van der Waals surface area contributed by atoms with Crippen LogP contribution in [0.1, 0.15) is 50.5 Å². The van der Waals surface area contributed by atoms with E-state index in [0.717, 1.165) is 25.2 Å². The summed E-state index contributed by atoms with van der Waals surface area (Å²) in [5, 5.41) is 15.7. The van der Waals surface area contributed by atoms with Crippen LogP contribution in [0.3, 0.4) is 0 Å². The maximum Gasteiger partial charge on any atom is 0.194 e. The van der Waals surface area contributed by atoms with E-state index in [9.17, 15) is 0 Å². The van der Waals surface area contributed by atoms with Crippen molar-refractivity contribution >= 4 is 0 Å². The van der Waals surface area contributed by atoms with Crippen molar-refractivity contribution in [2.75, 3.05) is 6.54 Å². The van der Waals surface area contributed by atoms with Gasteiger partial charge in [-0.05, 0) is 36.2 Å². The van der Waals surface area contributed by atoms with Gasteiger partial charge in [0.15, 0.2) is 5.82 Å². The third kappa shape index (κ3) is 3.90. The average molecular weight is 276 g/mol. The number of nitrogens with one attached hydrogen (secondary N) is 1. The first-order valence-corrected chi connectivity index (χ1v) is 7.34. The minimum Gasteiger partial charge on any atom is -0.346 e. The molecule has 0 aliphatic heterocycles. The molecule has 0 amide bonds. The summed E-state index contributed by atoms with van der Waals surface area (Å²) >= 11 is 0. The summed E-state index contributed by atoms with van der Waals surface area (Å²) in [5.74, 6) is 0.739. The van der Waals surface area contributed by atoms with Crippen molar-refractivity contribution in [3.8, 4) is 0 Å². The highest BCUT2D eigenvalue weighted by atomic mass is 15.6. The Bertz CT molecular complexity index is 515. The van der Waals surface area contributed by atoms with E-state index in [4.69, 9.17) is 0 Å². The summed E-state index contributed by atoms with van der Waals surface area (Å²) in [4.78, 5) is 1.49. The van der Waals surface area contributed by atoms with Crippen LogP contribution in [0.15, 0.2) is 18.5 Å². The summed E-state index contributed by atoms with van der Waals surface area (Å²) in [6, 6.07) is 2.62. The molecule has 0 spiro atoms. The Hall–Kier alpha value is -1.69. The number of tetrazole rings is 1. The van der Waals surface area contributed by atoms with Crippen LogP contribution in [-0.4, -0.2) is 31.3 Å². The molecular formula is C14H24N6. The number of hydrogen-bond acceptors (Lipinski definition) is 4. The third-order valence-electron chi connectivity index (χ3n) is 3.27. The van der Waals surface area contributed by atoms with Gasteiger partial charge in [0, 0.05) is 18.4 Å². The molecule has 2 aromatic rings. The Morgan fingerprint density at radius 3 is 2.80 bits per heavy atom. The van der Waals surface area contributed by atoms with Crippen LogP contribution >= 0.6 is 0 Å². The molecule has 0 bridgehead atoms. The summed E-state index contributed by atoms with van der Waals surface area (Å²) in [6.45, 7) is 6.14. The molecule has 0 fully saturated rings. The first-order valence-electron chi connectivity index (χ1n) is 7.34. The second kappa shape index (κ2) is 7.19. The smallest absolute Gasteiger partial charge is 0.194 e. The minimum atomic E-state index is 0.441. The van der Waals surface area contributed by atoms with E-state index in [0.29, 0.717) is 12.6 Å². The predicted octanol–water partition coefficient (Wildman–Crippen LogP) is 1.90. The number of hydrogen-bond donors (Lipinski definition) is 1. The number of nitrogens with zero attached hydrogens (tertiary/aromatic N) is 5. The quantitative estimate of drug-likeness (QED) is 0.800. The van der Waals surface area contributed by atoms with Gasteiger partial charge in [0.05, 0.1) is 13.6 Å². The standard InChI is InChI=1S/C14H24N6/c1-4-6-13(15-8-5-2)12-7-9-20(10-12)11-14-16-18-19(3)17-14/h7,9-10,13,15H,4-6,8,11H2,1-3H3. The van der Waals surface area contributed by atoms with Crippen LogP contribution in [-0.2, 0) is 13.6 Å². The van der Waals surface area contributed by atoms with E-state index in [1.165, 1.54) is 16.8 Å². The van der Waals surface area contributed by atoms with E-state index >= 15 is 0 Å². The molecule has 2 rings (SSSR count). The zero-order valence-electron chi connectivity index (χ0n) is 12.6. The van der Waals surface area contributed by atoms with E-state index in [2.05, 4.69) is 57.6 Å². The Labute approximate surface area is 120 Å². The third-order valence-corrected chi connectivity index (χ3v) is 3.27. The molecule has 110 valence electrons. The van der Waals surface area contributed by atoms with E-state index in [-0.39, 0.29) is 0 Å². The van der Waals surface area contributed by atoms with Crippen LogP contribution < -0.4 is 5.32 Å². The van der Waals surface area contributed by atoms with E-state index < -0.39 is 0 Å². The number of aromatic nitrogens is 5. The van der Waals surface area contributed by atoms with Crippen molar-refractivity contribution in [1.82, 2.24) is 30.1 Å². The van der Waals surface area contributed by atoms with Gasteiger partial charge >= 0.3 is 0 Å². The minimum absolute atomic E-state index is 0.441. The monoisotopic (exact) mass is 276 g/mol. The molecule has 0 saturated carbocycles. The molecule has 6 heteroatoms. The molecule has 0 aliphatic carbocycles. The average Bonchev–Trinajstić information content (AvgIpc) is 3.04. The van der Waals surface area contributed by atoms with Crippen LogP contribution in [0.4, 0.5) is 0 Å². The van der Waals surface area contributed by atoms with Crippen LogP contribution in [0.2, 0.25) is 0 Å². The molecular weight excluding hydrogens is 252 g/mol. The normalized spacial score (nSPS) is 12.8. The van der Waals surface area contributed by atoms with Crippen LogP contribution in [0, 0.1) is 0 Å². The molecule has 1 unspecified atom stereocenters. The molecule has 2 aromatic heterocycles. The summed E-state index contributed by atoms with van der Waals surface area (Å²) in [5.41, 5.74) is 1.34. The molecule has 0 aliphatic rings. The number of aryl methyl sites for hydroxylation is 1. The van der Waals surface area contributed by atoms with Crippen LogP contribution in [0.5, 0.6) is 0 Å². The lowest BCUT2D eigenvalue weighted by molar-refractivity contribution is 0.493. The lowest BCUT2D eigenvalue weighted by Gasteiger charge is -2.16. The maximum absolute atomic E-state index is 4.20. The fraction of sp³-hybridized carbons (Fsp3) is 0.643. The Morgan fingerprint density at radius 2 is 2.15 bits per heavy atom. The number of rotatable bonds is 8. The molecule has 6 nitrogen and oxygen atoms in total. The van der Waals surface area contributed by atoms with Gasteiger partial charge in [-0.2, -0.15) is 4.80 Å². The van der Waals surface area contributed by atoms with Gasteiger partial charge < -0.3 is 9.88 Å². The fourth-order valence-corrected chi connectivity index (χ4v) is 2.31. The highest BCUT2D eigenvalue weighted by Crippen LogP contribution is 2.19. The molecule has 0 aromatic carbocycles. The highest BCUT2D eigenvalue weighted by Gasteiger charge is 2.11. The maximum atomic E-state index is 4.20. The summed E-state index contributed by atoms with van der Waals surface area (Å²) in [6.07, 6.45) is 7.76. The first kappa shape index (κ1) is 14.7. The Kier molecular flexibility index (Phi) is 5.29. The topological polar surface area (TPSA) is 60.6 Å². The van der Waals surface area contributed by atoms with Crippen molar-refractivity contribution in [3.05, 3.63) is 29.8 Å². The summed E-state index contributed by atoms with van der Waals surface area (Å²) in [7, 11) is 1.78. The van der Waals surface area contributed by atoms with Crippen molar-refractivity contribution in [2.45, 2.75) is 45.7 Å². The zero-order valence-corrected chi connectivity index (χ0v) is 12.6. The second-order valence-corrected chi connectivity index (χ2v) is 5.11. The molecule has 20 heavy (non-hydrogen) atoms. The SMILES string of the molecule is CCCNC(CCC)c1ccn(Cc2nnn(C)n2)c1. The molecule has 1 atom stereocenters. The van der Waals surface area contributed by atoms with Gasteiger partial charge in [-0.15, -0.1) is 10.2 Å². The predicted molar refractivity (Wildman–Crippen MR) is 78.3 cm³/mol. The summed E-state index contributed by atoms with van der Waals surface area (Å²) < 4.78 is 2.11. The Morgan fingerprint density at radius 1 is 1.30 bits per heavy atom. The second-order valence-electron chi connectivity index (χ2n) is 5.11. The Balaban J connectivity index is 2.02. The van der Waals surface area contributed by atoms with Gasteiger partial charge in [-0.1, -0.05) is 20.3 Å². The van der Waals surface area contributed by atoms with Crippen molar-refractivity contribution in [1.29, 1.82) is 0 Å². The molecule has 1 N–H and O–H groups in total. The van der Waals surface area contributed by atoms with E-state index in [1.54, 1.807) is 7.05 Å². The lowest BCUT2D eigenvalue weighted by atomic mass is 10.1. The fourth-order valence-electron chi connectivity index (χ4n) is 2.31. The molecule has 0 saturated heterocycles. The highest BCUT2D eigenvalue weighted by molar-refractivity contribution is 5.16. The van der Waals surface area contributed by atoms with E-state index in [1.807, 2.05) is 0 Å². The zero-order chi connectivity index (χ0) is 14.4. The first-order chi connectivity index (χ1) is 9.72. The largest absolute Gasteiger partial charge is 0.346 e. The van der Waals surface area contributed by atoms with Gasteiger partial charge in [0.1, 0.15) is 0 Å². The van der Waals surface area contributed by atoms with Crippen LogP contribution in [0.25, 0.3) is 0 Å². The van der Waals surface area contributed by atoms with Gasteiger partial charge in [-0.25, -0.2) is 0 Å². The van der Waals surface area contributed by atoms with Crippen molar-refractivity contribution in [3.63, 3.8) is 0 Å². The van der Waals surface area contributed by atoms with Gasteiger partial charge in [0.2, 0.25) is 0 Å².